The van der Waals surface area contributed by atoms with Crippen LogP contribution >= 0.6 is 0 Å². The van der Waals surface area contributed by atoms with Crippen LogP contribution in [-0.2, 0) is 9.47 Å². The Morgan fingerprint density at radius 2 is 2.09 bits per heavy atom. The van der Waals surface area contributed by atoms with Crippen LogP contribution in [0.1, 0.15) is 0 Å². The molecule has 0 aromatic heterocycles. The first-order chi connectivity index (χ1) is 5.16. The van der Waals surface area contributed by atoms with Crippen molar-refractivity contribution in [3.05, 3.63) is 6.92 Å². The molecular formula is C7H12O4. The van der Waals surface area contributed by atoms with Gasteiger partial charge in [0.25, 0.3) is 0 Å². The molecule has 0 bridgehead atoms. The van der Waals surface area contributed by atoms with Gasteiger partial charge in [0.15, 0.2) is 0 Å². The van der Waals surface area contributed by atoms with Gasteiger partial charge in [-0.05, 0) is 6.92 Å². The van der Waals surface area contributed by atoms with Crippen molar-refractivity contribution in [2.45, 2.75) is 24.4 Å². The van der Waals surface area contributed by atoms with Gasteiger partial charge < -0.3 is 19.7 Å². The molecule has 1 unspecified atom stereocenters. The van der Waals surface area contributed by atoms with E-state index < -0.39 is 24.4 Å². The third kappa shape index (κ3) is 1.70. The third-order valence-corrected chi connectivity index (χ3v) is 1.73. The molecule has 0 saturated carbocycles. The Bertz CT molecular complexity index is 128. The molecule has 1 aliphatic rings. The molecule has 0 aliphatic carbocycles. The summed E-state index contributed by atoms with van der Waals surface area (Å²) in [6.07, 6.45) is -3.25. The van der Waals surface area contributed by atoms with E-state index in [1.54, 1.807) is 0 Å². The third-order valence-electron chi connectivity index (χ3n) is 1.73. The van der Waals surface area contributed by atoms with Crippen LogP contribution in [0.15, 0.2) is 0 Å². The van der Waals surface area contributed by atoms with E-state index in [1.165, 1.54) is 7.11 Å². The number of hydrogen-bond acceptors (Lipinski definition) is 4. The summed E-state index contributed by atoms with van der Waals surface area (Å²) in [5.74, 6) is 0. The Kier molecular flexibility index (Phi) is 2.84. The van der Waals surface area contributed by atoms with Crippen LogP contribution < -0.4 is 0 Å². The average molecular weight is 160 g/mol. The van der Waals surface area contributed by atoms with Crippen LogP contribution in [0.2, 0.25) is 0 Å². The van der Waals surface area contributed by atoms with Crippen LogP contribution in [0.4, 0.5) is 0 Å². The fourth-order valence-corrected chi connectivity index (χ4v) is 1.08. The normalized spacial score (nSPS) is 44.7. The van der Waals surface area contributed by atoms with Crippen molar-refractivity contribution in [1.82, 2.24) is 0 Å². The molecule has 4 nitrogen and oxygen atoms in total. The molecule has 1 saturated heterocycles. The average Bonchev–Trinajstić information content (AvgIpc) is 2.19. The summed E-state index contributed by atoms with van der Waals surface area (Å²) in [7, 11) is 1.49. The van der Waals surface area contributed by atoms with Gasteiger partial charge in [0.05, 0.1) is 12.7 Å². The van der Waals surface area contributed by atoms with Crippen molar-refractivity contribution in [3.63, 3.8) is 0 Å². The van der Waals surface area contributed by atoms with Gasteiger partial charge in [-0.1, -0.05) is 0 Å². The van der Waals surface area contributed by atoms with E-state index in [4.69, 9.17) is 21.5 Å². The molecule has 4 atom stereocenters. The lowest BCUT2D eigenvalue weighted by Gasteiger charge is -2.12. The van der Waals surface area contributed by atoms with Gasteiger partial charge in [0, 0.05) is 7.11 Å². The maximum atomic E-state index is 9.22. The number of methoxy groups -OCH3 is 1. The van der Waals surface area contributed by atoms with Crippen LogP contribution in [0.3, 0.4) is 0 Å². The first kappa shape index (κ1) is 8.93. The maximum absolute atomic E-state index is 9.22. The number of ether oxygens (including phenoxy) is 2. The topological polar surface area (TPSA) is 58.9 Å². The predicted octanol–water partition coefficient (Wildman–Crippen LogP) is -1.17. The summed E-state index contributed by atoms with van der Waals surface area (Å²) in [6, 6.07) is 0. The minimum atomic E-state index is -1.00. The standard InChI is InChI=1S/C7H12O4/c1-4-6(8)7(9)5(11-4)3-10-2/h1,4-9H,3H2,2H3/t4-,5+,6?,7-/m0/s1. The van der Waals surface area contributed by atoms with Crippen LogP contribution in [0, 0.1) is 6.92 Å². The highest BCUT2D eigenvalue weighted by Gasteiger charge is 2.39. The Morgan fingerprint density at radius 3 is 2.45 bits per heavy atom. The molecule has 64 valence electrons. The minimum absolute atomic E-state index is 0.242. The molecule has 1 heterocycles. The van der Waals surface area contributed by atoms with Gasteiger partial charge >= 0.3 is 0 Å². The zero-order valence-corrected chi connectivity index (χ0v) is 6.30. The lowest BCUT2D eigenvalue weighted by molar-refractivity contribution is -0.0249. The van der Waals surface area contributed by atoms with E-state index in [0.717, 1.165) is 0 Å². The van der Waals surface area contributed by atoms with Gasteiger partial charge in [-0.25, -0.2) is 0 Å². The highest BCUT2D eigenvalue weighted by Crippen LogP contribution is 2.20. The predicted molar refractivity (Wildman–Crippen MR) is 36.9 cm³/mol. The molecule has 0 aromatic carbocycles. The van der Waals surface area contributed by atoms with Gasteiger partial charge in [-0.2, -0.15) is 0 Å². The minimum Gasteiger partial charge on any atom is -0.388 e. The van der Waals surface area contributed by atoms with E-state index in [2.05, 4.69) is 0 Å². The summed E-state index contributed by atoms with van der Waals surface area (Å²) in [6.45, 7) is 5.54. The lowest BCUT2D eigenvalue weighted by Crippen LogP contribution is -2.33. The molecule has 1 rings (SSSR count). The summed E-state index contributed by atoms with van der Waals surface area (Å²) < 4.78 is 9.72. The summed E-state index contributed by atoms with van der Waals surface area (Å²) in [5, 5.41) is 18.3. The van der Waals surface area contributed by atoms with E-state index in [9.17, 15) is 5.11 Å². The molecule has 11 heavy (non-hydrogen) atoms. The highest BCUT2D eigenvalue weighted by molar-refractivity contribution is 4.91. The molecule has 1 aliphatic heterocycles. The molecule has 1 fully saturated rings. The second-order valence-electron chi connectivity index (χ2n) is 2.58. The zero-order chi connectivity index (χ0) is 8.43. The Labute approximate surface area is 65.7 Å². The van der Waals surface area contributed by atoms with E-state index >= 15 is 0 Å². The van der Waals surface area contributed by atoms with Crippen molar-refractivity contribution in [2.75, 3.05) is 13.7 Å². The molecule has 4 heteroatoms. The fraction of sp³-hybridized carbons (Fsp3) is 0.857. The van der Waals surface area contributed by atoms with E-state index in [1.807, 2.05) is 0 Å². The van der Waals surface area contributed by atoms with Crippen LogP contribution in [0.5, 0.6) is 0 Å². The van der Waals surface area contributed by atoms with Crippen molar-refractivity contribution in [2.24, 2.45) is 0 Å². The first-order valence-electron chi connectivity index (χ1n) is 3.43. The van der Waals surface area contributed by atoms with Gasteiger partial charge in [-0.3, -0.25) is 0 Å². The number of aliphatic hydroxyl groups is 2. The van der Waals surface area contributed by atoms with Crippen LogP contribution in [0.25, 0.3) is 0 Å². The highest BCUT2D eigenvalue weighted by atomic mass is 16.6. The van der Waals surface area contributed by atoms with Crippen molar-refractivity contribution < 1.29 is 19.7 Å². The smallest absolute Gasteiger partial charge is 0.111 e. The molecule has 0 spiro atoms. The summed E-state index contributed by atoms with van der Waals surface area (Å²) in [4.78, 5) is 0. The van der Waals surface area contributed by atoms with Crippen molar-refractivity contribution in [3.8, 4) is 0 Å². The molecule has 2 radical (unpaired) electrons. The van der Waals surface area contributed by atoms with Crippen molar-refractivity contribution >= 4 is 0 Å². The van der Waals surface area contributed by atoms with Gasteiger partial charge in [0.2, 0.25) is 0 Å². The molecule has 2 N–H and O–H groups in total. The molecule has 0 amide bonds. The Morgan fingerprint density at radius 1 is 1.45 bits per heavy atom. The number of hydrogen-bond donors (Lipinski definition) is 2. The van der Waals surface area contributed by atoms with Gasteiger partial charge in [-0.15, -0.1) is 0 Å². The Hall–Kier alpha value is -0.160. The van der Waals surface area contributed by atoms with E-state index in [-0.39, 0.29) is 6.61 Å². The molecular weight excluding hydrogens is 148 g/mol. The largest absolute Gasteiger partial charge is 0.388 e. The second kappa shape index (κ2) is 3.49. The lowest BCUT2D eigenvalue weighted by atomic mass is 10.1. The number of rotatable bonds is 2. The monoisotopic (exact) mass is 160 g/mol. The second-order valence-corrected chi connectivity index (χ2v) is 2.58. The fourth-order valence-electron chi connectivity index (χ4n) is 1.08. The molecule has 0 aromatic rings. The van der Waals surface area contributed by atoms with Crippen LogP contribution in [-0.4, -0.2) is 48.3 Å². The number of aliphatic hydroxyl groups excluding tert-OH is 2. The zero-order valence-electron chi connectivity index (χ0n) is 6.30. The maximum Gasteiger partial charge on any atom is 0.111 e. The van der Waals surface area contributed by atoms with E-state index in [0.29, 0.717) is 0 Å². The summed E-state index contributed by atoms with van der Waals surface area (Å²) in [5.41, 5.74) is 0. The first-order valence-corrected chi connectivity index (χ1v) is 3.43. The summed E-state index contributed by atoms with van der Waals surface area (Å²) >= 11 is 0. The van der Waals surface area contributed by atoms with Crippen molar-refractivity contribution in [1.29, 1.82) is 0 Å². The van der Waals surface area contributed by atoms with Gasteiger partial charge in [0.1, 0.15) is 18.3 Å². The quantitative estimate of drug-likeness (QED) is 0.534. The Balaban J connectivity index is 2.45. The SMILES string of the molecule is [CH][C@@H]1O[C@H](COC)[C@H](O)C1O.